The third-order valence-electron chi connectivity index (χ3n) is 7.85. The molecule has 252 valence electrons. The Bertz CT molecular complexity index is 1890. The highest BCUT2D eigenvalue weighted by atomic mass is 32.1. The summed E-state index contributed by atoms with van der Waals surface area (Å²) in [4.78, 5) is 32.3. The summed E-state index contributed by atoms with van der Waals surface area (Å²) in [6.07, 6.45) is 6.47. The molecular weight excluding hydrogens is 628 g/mol. The number of allylic oxidation sites excluding steroid dienone is 1. The maximum atomic E-state index is 14.0. The number of ether oxygens (including phenoxy) is 5. The van der Waals surface area contributed by atoms with Crippen molar-refractivity contribution >= 4 is 23.4 Å². The van der Waals surface area contributed by atoms with E-state index in [0.717, 1.165) is 29.0 Å². The van der Waals surface area contributed by atoms with Crippen LogP contribution in [0.15, 0.2) is 93.9 Å². The highest BCUT2D eigenvalue weighted by molar-refractivity contribution is 7.07. The van der Waals surface area contributed by atoms with E-state index in [1.807, 2.05) is 60.7 Å². The van der Waals surface area contributed by atoms with Crippen LogP contribution in [-0.4, -0.2) is 44.1 Å². The number of unbranched alkanes of at least 4 members (excludes halogenated alkanes) is 3. The van der Waals surface area contributed by atoms with E-state index < -0.39 is 12.0 Å². The van der Waals surface area contributed by atoms with Gasteiger partial charge in [-0.05, 0) is 74.4 Å². The number of hydrogen-bond acceptors (Lipinski definition) is 9. The first-order chi connectivity index (χ1) is 23.4. The van der Waals surface area contributed by atoms with Crippen LogP contribution < -0.4 is 33.8 Å². The first kappa shape index (κ1) is 34.5. The molecule has 9 nitrogen and oxygen atoms in total. The Hall–Kier alpha value is -4.83. The van der Waals surface area contributed by atoms with Crippen LogP contribution in [0.1, 0.15) is 63.6 Å². The molecule has 48 heavy (non-hydrogen) atoms. The van der Waals surface area contributed by atoms with Crippen LogP contribution in [0.5, 0.6) is 23.0 Å². The predicted molar refractivity (Wildman–Crippen MR) is 187 cm³/mol. The summed E-state index contributed by atoms with van der Waals surface area (Å²) in [7, 11) is 1.59. The number of aromatic nitrogens is 1. The standard InChI is InChI=1S/C38H42N2O7S/c1-5-7-8-11-22-45-30-18-20-31(21-19-30)46-23-24-47-32-13-10-9-12-28(32)25-33-36(41)40-35(27-14-16-29(43-4)17-15-27)34(37(42)44-6-2)26(3)39-38(40)48-33/h9-10,12-21,25,35H,5-8,11,22-24H2,1-4H3. The van der Waals surface area contributed by atoms with Gasteiger partial charge in [-0.2, -0.15) is 0 Å². The Morgan fingerprint density at radius 3 is 2.21 bits per heavy atom. The van der Waals surface area contributed by atoms with E-state index in [2.05, 4.69) is 11.9 Å². The summed E-state index contributed by atoms with van der Waals surface area (Å²) in [6.45, 7) is 7.28. The van der Waals surface area contributed by atoms with Crippen LogP contribution in [0.3, 0.4) is 0 Å². The van der Waals surface area contributed by atoms with Crippen LogP contribution in [0.4, 0.5) is 0 Å². The quantitative estimate of drug-likeness (QED) is 0.103. The highest BCUT2D eigenvalue weighted by Crippen LogP contribution is 2.31. The third kappa shape index (κ3) is 8.36. The number of para-hydroxylation sites is 1. The Labute approximate surface area is 284 Å². The van der Waals surface area contributed by atoms with Crippen molar-refractivity contribution in [1.29, 1.82) is 0 Å². The van der Waals surface area contributed by atoms with E-state index >= 15 is 0 Å². The van der Waals surface area contributed by atoms with E-state index in [4.69, 9.17) is 23.7 Å². The van der Waals surface area contributed by atoms with Crippen molar-refractivity contribution in [1.82, 2.24) is 4.57 Å². The molecule has 1 atom stereocenters. The Morgan fingerprint density at radius 1 is 0.854 bits per heavy atom. The van der Waals surface area contributed by atoms with Crippen molar-refractivity contribution in [2.75, 3.05) is 33.5 Å². The molecule has 10 heteroatoms. The molecule has 0 radical (unpaired) electrons. The van der Waals surface area contributed by atoms with Crippen LogP contribution in [-0.2, 0) is 9.53 Å². The number of carbonyl (C=O) groups is 1. The molecule has 0 bridgehead atoms. The van der Waals surface area contributed by atoms with Gasteiger partial charge in [0.1, 0.15) is 36.2 Å². The van der Waals surface area contributed by atoms with Gasteiger partial charge in [0.15, 0.2) is 4.80 Å². The van der Waals surface area contributed by atoms with E-state index in [1.54, 1.807) is 43.7 Å². The maximum Gasteiger partial charge on any atom is 0.338 e. The van der Waals surface area contributed by atoms with E-state index in [1.165, 1.54) is 30.6 Å². The van der Waals surface area contributed by atoms with Crippen molar-refractivity contribution < 1.29 is 28.5 Å². The molecule has 0 amide bonds. The van der Waals surface area contributed by atoms with Gasteiger partial charge in [0.2, 0.25) is 0 Å². The lowest BCUT2D eigenvalue weighted by Crippen LogP contribution is -2.39. The largest absolute Gasteiger partial charge is 0.497 e. The molecule has 2 heterocycles. The molecular formula is C38H42N2O7S. The number of rotatable bonds is 16. The van der Waals surface area contributed by atoms with Crippen LogP contribution in [0.2, 0.25) is 0 Å². The van der Waals surface area contributed by atoms with Gasteiger partial charge in [0.25, 0.3) is 5.56 Å². The molecule has 1 unspecified atom stereocenters. The summed E-state index contributed by atoms with van der Waals surface area (Å²) in [5.74, 6) is 2.35. The normalized spacial score (nSPS) is 14.2. The molecule has 4 aromatic rings. The molecule has 3 aromatic carbocycles. The van der Waals surface area contributed by atoms with Gasteiger partial charge in [-0.15, -0.1) is 0 Å². The monoisotopic (exact) mass is 670 g/mol. The fourth-order valence-electron chi connectivity index (χ4n) is 5.43. The van der Waals surface area contributed by atoms with E-state index in [0.29, 0.717) is 51.9 Å². The molecule has 5 rings (SSSR count). The SMILES string of the molecule is CCCCCCOc1ccc(OCCOc2ccccc2C=c2sc3n(c2=O)C(c2ccc(OC)cc2)C(C(=O)OCC)=C(C)N=3)cc1. The minimum atomic E-state index is -0.705. The maximum absolute atomic E-state index is 14.0. The lowest BCUT2D eigenvalue weighted by Gasteiger charge is -2.24. The third-order valence-corrected chi connectivity index (χ3v) is 8.84. The number of hydrogen-bond donors (Lipinski definition) is 0. The Morgan fingerprint density at radius 2 is 1.52 bits per heavy atom. The average Bonchev–Trinajstić information content (AvgIpc) is 3.40. The molecule has 1 aromatic heterocycles. The number of fused-ring (bicyclic) bond motifs is 1. The number of nitrogens with zero attached hydrogens (tertiary/aromatic N) is 2. The first-order valence-corrected chi connectivity index (χ1v) is 17.2. The molecule has 1 aliphatic rings. The summed E-state index contributed by atoms with van der Waals surface area (Å²) in [6, 6.07) is 21.7. The summed E-state index contributed by atoms with van der Waals surface area (Å²) >= 11 is 1.26. The van der Waals surface area contributed by atoms with Gasteiger partial charge in [0.05, 0.1) is 42.2 Å². The van der Waals surface area contributed by atoms with Crippen molar-refractivity contribution in [2.45, 2.75) is 52.5 Å². The van der Waals surface area contributed by atoms with Gasteiger partial charge in [-0.1, -0.05) is 67.9 Å². The zero-order valence-electron chi connectivity index (χ0n) is 27.9. The lowest BCUT2D eigenvalue weighted by molar-refractivity contribution is -0.139. The highest BCUT2D eigenvalue weighted by Gasteiger charge is 2.33. The summed E-state index contributed by atoms with van der Waals surface area (Å²) in [5.41, 5.74) is 2.06. The number of methoxy groups -OCH3 is 1. The zero-order chi connectivity index (χ0) is 33.9. The molecule has 0 fully saturated rings. The number of esters is 1. The minimum Gasteiger partial charge on any atom is -0.497 e. The average molecular weight is 671 g/mol. The van der Waals surface area contributed by atoms with Crippen molar-refractivity contribution in [3.05, 3.63) is 115 Å². The van der Waals surface area contributed by atoms with Crippen molar-refractivity contribution in [2.24, 2.45) is 4.99 Å². The van der Waals surface area contributed by atoms with Crippen molar-refractivity contribution in [3.63, 3.8) is 0 Å². The molecule has 0 spiro atoms. The second-order valence-electron chi connectivity index (χ2n) is 11.2. The van der Waals surface area contributed by atoms with Gasteiger partial charge in [-0.25, -0.2) is 9.79 Å². The van der Waals surface area contributed by atoms with Crippen LogP contribution in [0.25, 0.3) is 6.08 Å². The van der Waals surface area contributed by atoms with Crippen LogP contribution in [0, 0.1) is 0 Å². The second-order valence-corrected chi connectivity index (χ2v) is 12.2. The fourth-order valence-corrected chi connectivity index (χ4v) is 6.47. The molecule has 0 saturated heterocycles. The Kier molecular flexibility index (Phi) is 12.1. The number of carbonyl (C=O) groups excluding carboxylic acids is 1. The predicted octanol–water partition coefficient (Wildman–Crippen LogP) is 6.22. The lowest BCUT2D eigenvalue weighted by atomic mass is 9.96. The molecule has 0 N–H and O–H groups in total. The summed E-state index contributed by atoms with van der Waals surface area (Å²) < 4.78 is 30.6. The second kappa shape index (κ2) is 16.8. The van der Waals surface area contributed by atoms with E-state index in [-0.39, 0.29) is 12.2 Å². The molecule has 1 aliphatic heterocycles. The summed E-state index contributed by atoms with van der Waals surface area (Å²) in [5, 5.41) is 0. The first-order valence-electron chi connectivity index (χ1n) is 16.3. The number of benzene rings is 3. The molecule has 0 aliphatic carbocycles. The fraction of sp³-hybridized carbons (Fsp3) is 0.342. The van der Waals surface area contributed by atoms with Gasteiger partial charge in [-0.3, -0.25) is 9.36 Å². The van der Waals surface area contributed by atoms with Crippen LogP contribution >= 0.6 is 11.3 Å². The van der Waals surface area contributed by atoms with Gasteiger partial charge < -0.3 is 23.7 Å². The number of thiazole rings is 1. The Balaban J connectivity index is 1.32. The zero-order valence-corrected chi connectivity index (χ0v) is 28.7. The van der Waals surface area contributed by atoms with Gasteiger partial charge in [0, 0.05) is 5.56 Å². The molecule has 0 saturated carbocycles. The van der Waals surface area contributed by atoms with Gasteiger partial charge >= 0.3 is 5.97 Å². The minimum absolute atomic E-state index is 0.206. The van der Waals surface area contributed by atoms with E-state index in [9.17, 15) is 9.59 Å². The topological polar surface area (TPSA) is 97.6 Å². The van der Waals surface area contributed by atoms with Crippen molar-refractivity contribution in [3.8, 4) is 23.0 Å². The smallest absolute Gasteiger partial charge is 0.338 e.